The molecule has 3 aliphatic rings. The van der Waals surface area contributed by atoms with Crippen molar-refractivity contribution in [1.29, 1.82) is 0 Å². The third-order valence-electron chi connectivity index (χ3n) is 7.96. The molecule has 1 saturated carbocycles. The van der Waals surface area contributed by atoms with Gasteiger partial charge in [-0.25, -0.2) is 15.4 Å². The van der Waals surface area contributed by atoms with E-state index in [1.807, 2.05) is 29.2 Å². The summed E-state index contributed by atoms with van der Waals surface area (Å²) < 4.78 is 40.4. The Morgan fingerprint density at radius 3 is 2.67 bits per heavy atom. The van der Waals surface area contributed by atoms with Crippen molar-refractivity contribution in [2.45, 2.75) is 38.0 Å². The highest BCUT2D eigenvalue weighted by atomic mass is 19.1. The summed E-state index contributed by atoms with van der Waals surface area (Å²) in [6.45, 7) is 13.3. The van der Waals surface area contributed by atoms with Crippen LogP contribution in [0.4, 0.5) is 20.3 Å². The van der Waals surface area contributed by atoms with Crippen molar-refractivity contribution in [3.05, 3.63) is 77.3 Å². The Morgan fingerprint density at radius 1 is 1.10 bits per heavy atom. The molecule has 0 spiro atoms. The van der Waals surface area contributed by atoms with E-state index in [-0.39, 0.29) is 24.9 Å². The number of halogens is 2. The summed E-state index contributed by atoms with van der Waals surface area (Å²) in [7, 11) is 0. The molecule has 3 aromatic rings. The molecule has 42 heavy (non-hydrogen) atoms. The molecule has 1 aromatic heterocycles. The molecule has 1 amide bonds. The molecule has 1 saturated heterocycles. The lowest BCUT2D eigenvalue weighted by Gasteiger charge is -2.41. The van der Waals surface area contributed by atoms with Crippen LogP contribution in [0.3, 0.4) is 0 Å². The average molecular weight is 575 g/mol. The van der Waals surface area contributed by atoms with Gasteiger partial charge in [0.2, 0.25) is 6.54 Å². The first-order chi connectivity index (χ1) is 20.4. The minimum Gasteiger partial charge on any atom is -0.461 e. The zero-order chi connectivity index (χ0) is 29.2. The Hall–Kier alpha value is -4.30. The van der Waals surface area contributed by atoms with Crippen LogP contribution in [0.15, 0.2) is 48.8 Å². The molecule has 11 heteroatoms. The number of benzene rings is 2. The molecule has 218 valence electrons. The minimum atomic E-state index is -1.04. The smallest absolute Gasteiger partial charge is 0.318 e. The van der Waals surface area contributed by atoms with Crippen molar-refractivity contribution < 1.29 is 23.0 Å². The van der Waals surface area contributed by atoms with Gasteiger partial charge in [-0.2, -0.15) is 9.97 Å². The first kappa shape index (κ1) is 27.8. The standard InChI is InChI=1S/C31H32F2N6O3/c1-20(32)30(40)39-14-13-38(18-22(39)17-34-2)29-24-11-12-37(27-8-4-6-21-5-3-7-25(33)28(21)27)19-26(24)35-31(36-29)42-16-15-41-23-9-10-23/h3-8,22-23H,1,9-19H2/t22-/m0/s1. The Morgan fingerprint density at radius 2 is 1.90 bits per heavy atom. The SMILES string of the molecule is [C-]#[N+]C[C@H]1CN(c2nc(OCCOC3CC3)nc3c2CCN(c2cccc4cccc(F)c24)C3)CCN1C(=O)C(=C)F. The summed E-state index contributed by atoms with van der Waals surface area (Å²) in [4.78, 5) is 31.0. The first-order valence-corrected chi connectivity index (χ1v) is 14.2. The van der Waals surface area contributed by atoms with Crippen molar-refractivity contribution in [2.75, 3.05) is 55.7 Å². The zero-order valence-electron chi connectivity index (χ0n) is 23.3. The van der Waals surface area contributed by atoms with Crippen molar-refractivity contribution >= 4 is 28.2 Å². The monoisotopic (exact) mass is 574 g/mol. The van der Waals surface area contributed by atoms with E-state index in [9.17, 15) is 13.6 Å². The van der Waals surface area contributed by atoms with Gasteiger partial charge in [0, 0.05) is 42.8 Å². The molecule has 2 fully saturated rings. The predicted octanol–water partition coefficient (Wildman–Crippen LogP) is 4.31. The molecule has 1 atom stereocenters. The third kappa shape index (κ3) is 5.72. The Labute approximate surface area is 243 Å². The summed E-state index contributed by atoms with van der Waals surface area (Å²) in [5.41, 5.74) is 2.52. The van der Waals surface area contributed by atoms with Gasteiger partial charge in [0.1, 0.15) is 24.3 Å². The molecule has 6 rings (SSSR count). The number of hydrogen-bond donors (Lipinski definition) is 0. The number of nitrogens with zero attached hydrogens (tertiary/aromatic N) is 6. The highest BCUT2D eigenvalue weighted by molar-refractivity contribution is 5.95. The Balaban J connectivity index is 1.31. The number of aromatic nitrogens is 2. The molecule has 1 aliphatic carbocycles. The lowest BCUT2D eigenvalue weighted by Crippen LogP contribution is -2.57. The van der Waals surface area contributed by atoms with Crippen LogP contribution in [0.1, 0.15) is 24.1 Å². The number of amides is 1. The molecule has 9 nitrogen and oxygen atoms in total. The van der Waals surface area contributed by atoms with Crippen LogP contribution >= 0.6 is 0 Å². The van der Waals surface area contributed by atoms with Crippen LogP contribution in [0, 0.1) is 12.4 Å². The molecule has 2 aromatic carbocycles. The fourth-order valence-corrected chi connectivity index (χ4v) is 5.77. The predicted molar refractivity (Wildman–Crippen MR) is 155 cm³/mol. The maximum atomic E-state index is 15.0. The fourth-order valence-electron chi connectivity index (χ4n) is 5.77. The van der Waals surface area contributed by atoms with Gasteiger partial charge in [0.25, 0.3) is 5.91 Å². The first-order valence-electron chi connectivity index (χ1n) is 14.2. The number of rotatable bonds is 9. The van der Waals surface area contributed by atoms with Gasteiger partial charge >= 0.3 is 6.01 Å². The van der Waals surface area contributed by atoms with E-state index in [2.05, 4.69) is 16.3 Å². The van der Waals surface area contributed by atoms with E-state index in [0.717, 1.165) is 35.2 Å². The second-order valence-corrected chi connectivity index (χ2v) is 10.8. The Bertz CT molecular complexity index is 1550. The average Bonchev–Trinajstić information content (AvgIpc) is 3.83. The molecule has 3 heterocycles. The van der Waals surface area contributed by atoms with Gasteiger partial charge in [0.15, 0.2) is 5.83 Å². The van der Waals surface area contributed by atoms with Crippen LogP contribution in [-0.4, -0.2) is 78.9 Å². The van der Waals surface area contributed by atoms with Crippen molar-refractivity contribution in [3.63, 3.8) is 0 Å². The maximum absolute atomic E-state index is 15.0. The van der Waals surface area contributed by atoms with E-state index in [1.165, 1.54) is 11.0 Å². The zero-order valence-corrected chi connectivity index (χ0v) is 23.3. The van der Waals surface area contributed by atoms with Gasteiger partial charge in [-0.3, -0.25) is 4.79 Å². The molecule has 0 N–H and O–H groups in total. The Kier molecular flexibility index (Phi) is 7.89. The second kappa shape index (κ2) is 11.9. The quantitative estimate of drug-likeness (QED) is 0.214. The van der Waals surface area contributed by atoms with Gasteiger partial charge < -0.3 is 29.0 Å². The normalized spacial score (nSPS) is 18.5. The maximum Gasteiger partial charge on any atom is 0.318 e. The van der Waals surface area contributed by atoms with Gasteiger partial charge in [-0.1, -0.05) is 30.8 Å². The molecular formula is C31H32F2N6O3. The van der Waals surface area contributed by atoms with E-state index in [0.29, 0.717) is 63.1 Å². The highest BCUT2D eigenvalue weighted by Gasteiger charge is 2.36. The summed E-state index contributed by atoms with van der Waals surface area (Å²) in [6, 6.07) is 10.5. The number of anilines is 2. The molecule has 0 bridgehead atoms. The number of carbonyl (C=O) groups is 1. The van der Waals surface area contributed by atoms with Crippen LogP contribution in [0.2, 0.25) is 0 Å². The van der Waals surface area contributed by atoms with Crippen LogP contribution in [0.5, 0.6) is 6.01 Å². The van der Waals surface area contributed by atoms with E-state index in [4.69, 9.17) is 26.0 Å². The van der Waals surface area contributed by atoms with E-state index < -0.39 is 17.8 Å². The summed E-state index contributed by atoms with van der Waals surface area (Å²) in [5.74, 6) is -1.41. The lowest BCUT2D eigenvalue weighted by atomic mass is 10.0. The number of fused-ring (bicyclic) bond motifs is 2. The van der Waals surface area contributed by atoms with Crippen molar-refractivity contribution in [3.8, 4) is 6.01 Å². The van der Waals surface area contributed by atoms with Gasteiger partial charge in [0.05, 0.1) is 24.9 Å². The van der Waals surface area contributed by atoms with Gasteiger partial charge in [-0.05, 0) is 36.8 Å². The van der Waals surface area contributed by atoms with E-state index in [1.54, 1.807) is 6.07 Å². The molecular weight excluding hydrogens is 542 g/mol. The summed E-state index contributed by atoms with van der Waals surface area (Å²) >= 11 is 0. The third-order valence-corrected chi connectivity index (χ3v) is 7.96. The minimum absolute atomic E-state index is 0.0328. The number of ether oxygens (including phenoxy) is 2. The van der Waals surface area contributed by atoms with Crippen molar-refractivity contribution in [2.24, 2.45) is 0 Å². The number of carbonyl (C=O) groups excluding carboxylic acids is 1. The largest absolute Gasteiger partial charge is 0.461 e. The number of hydrogen-bond acceptors (Lipinski definition) is 7. The van der Waals surface area contributed by atoms with Crippen LogP contribution < -0.4 is 14.5 Å². The molecule has 2 aliphatic heterocycles. The highest BCUT2D eigenvalue weighted by Crippen LogP contribution is 2.35. The van der Waals surface area contributed by atoms with Gasteiger partial charge in [-0.15, -0.1) is 0 Å². The molecule has 0 unspecified atom stereocenters. The van der Waals surface area contributed by atoms with Crippen LogP contribution in [-0.2, 0) is 22.5 Å². The van der Waals surface area contributed by atoms with Crippen molar-refractivity contribution in [1.82, 2.24) is 14.9 Å². The van der Waals surface area contributed by atoms with Crippen LogP contribution in [0.25, 0.3) is 15.6 Å². The molecule has 0 radical (unpaired) electrons. The summed E-state index contributed by atoms with van der Waals surface area (Å²) in [6.07, 6.45) is 3.05. The lowest BCUT2D eigenvalue weighted by molar-refractivity contribution is -0.131. The van der Waals surface area contributed by atoms with E-state index >= 15 is 0 Å². The second-order valence-electron chi connectivity index (χ2n) is 10.8. The fraction of sp³-hybridized carbons (Fsp3) is 0.419. The topological polar surface area (TPSA) is 75.4 Å². The number of piperazine rings is 1. The summed E-state index contributed by atoms with van der Waals surface area (Å²) in [5, 5.41) is 1.40.